The summed E-state index contributed by atoms with van der Waals surface area (Å²) >= 11 is 6.43. The lowest BCUT2D eigenvalue weighted by Crippen LogP contribution is -2.46. The van der Waals surface area contributed by atoms with Crippen molar-refractivity contribution < 1.29 is 9.59 Å². The molecular weight excluding hydrogens is 790 g/mol. The Balaban J connectivity index is 1.16. The second kappa shape index (κ2) is 20.6. The maximum atomic E-state index is 14.0. The predicted octanol–water partition coefficient (Wildman–Crippen LogP) is 5.56. The number of urea groups is 1. The van der Waals surface area contributed by atoms with Gasteiger partial charge < -0.3 is 31.1 Å². The summed E-state index contributed by atoms with van der Waals surface area (Å²) in [6.45, 7) is 15.6. The molecule has 0 atom stereocenters. The third kappa shape index (κ3) is 11.6. The van der Waals surface area contributed by atoms with Gasteiger partial charge in [0.2, 0.25) is 0 Å². The van der Waals surface area contributed by atoms with E-state index in [9.17, 15) is 14.4 Å². The van der Waals surface area contributed by atoms with Crippen molar-refractivity contribution >= 4 is 40.6 Å². The first kappa shape index (κ1) is 44.0. The fraction of sp³-hybridized carbons (Fsp3) is 0.457. The molecule has 0 unspecified atom stereocenters. The molecule has 324 valence electrons. The van der Waals surface area contributed by atoms with E-state index in [4.69, 9.17) is 11.6 Å². The average molecular weight is 851 g/mol. The maximum Gasteiger partial charge on any atom is 0.323 e. The highest BCUT2D eigenvalue weighted by molar-refractivity contribution is 6.33. The van der Waals surface area contributed by atoms with Gasteiger partial charge in [-0.15, -0.1) is 0 Å². The van der Waals surface area contributed by atoms with Gasteiger partial charge in [0, 0.05) is 114 Å². The van der Waals surface area contributed by atoms with Crippen molar-refractivity contribution in [3.63, 3.8) is 0 Å². The topological polar surface area (TPSA) is 143 Å². The van der Waals surface area contributed by atoms with Gasteiger partial charge in [0.05, 0.1) is 16.4 Å². The molecule has 1 aliphatic carbocycles. The minimum absolute atomic E-state index is 0.0813. The maximum absolute atomic E-state index is 14.0. The summed E-state index contributed by atoms with van der Waals surface area (Å²) in [6, 6.07) is 15.1. The monoisotopic (exact) mass is 849 g/mol. The van der Waals surface area contributed by atoms with Gasteiger partial charge in [-0.1, -0.05) is 43.1 Å². The van der Waals surface area contributed by atoms with Gasteiger partial charge >= 0.3 is 6.03 Å². The number of aromatic nitrogens is 3. The molecule has 0 spiro atoms. The number of nitrogens with zero attached hydrogens (tertiary/aromatic N) is 7. The highest BCUT2D eigenvalue weighted by Gasteiger charge is 2.23. The van der Waals surface area contributed by atoms with Crippen molar-refractivity contribution in [2.24, 2.45) is 0 Å². The summed E-state index contributed by atoms with van der Waals surface area (Å²) in [5.74, 6) is -0.105. The van der Waals surface area contributed by atoms with Gasteiger partial charge in [-0.3, -0.25) is 24.4 Å². The molecule has 14 nitrogen and oxygen atoms in total. The van der Waals surface area contributed by atoms with Crippen molar-refractivity contribution in [2.45, 2.75) is 46.1 Å². The Bertz CT molecular complexity index is 2270. The van der Waals surface area contributed by atoms with Crippen LogP contribution in [-0.4, -0.2) is 139 Å². The Labute approximate surface area is 364 Å². The Morgan fingerprint density at radius 2 is 1.41 bits per heavy atom. The molecule has 3 amide bonds. The van der Waals surface area contributed by atoms with E-state index >= 15 is 0 Å². The number of carbonyl (C=O) groups is 2. The Hall–Kier alpha value is -5.12. The number of halogens is 1. The summed E-state index contributed by atoms with van der Waals surface area (Å²) in [5, 5.41) is 17.6. The van der Waals surface area contributed by atoms with E-state index in [1.54, 1.807) is 12.3 Å². The van der Waals surface area contributed by atoms with Crippen LogP contribution >= 0.6 is 11.6 Å². The Morgan fingerprint density at radius 3 is 2.07 bits per heavy atom. The molecule has 3 aliphatic rings. The summed E-state index contributed by atoms with van der Waals surface area (Å²) in [5.41, 5.74) is 8.04. The molecule has 4 heterocycles. The van der Waals surface area contributed by atoms with E-state index < -0.39 is 11.6 Å². The fourth-order valence-corrected chi connectivity index (χ4v) is 8.14. The zero-order chi connectivity index (χ0) is 42.9. The van der Waals surface area contributed by atoms with Crippen LogP contribution in [0.15, 0.2) is 71.3 Å². The van der Waals surface area contributed by atoms with Crippen LogP contribution in [0.5, 0.6) is 0 Å². The Kier molecular flexibility index (Phi) is 14.9. The summed E-state index contributed by atoms with van der Waals surface area (Å²) < 4.78 is 1.34. The highest BCUT2D eigenvalue weighted by atomic mass is 35.5. The van der Waals surface area contributed by atoms with Gasteiger partial charge in [0.15, 0.2) is 0 Å². The van der Waals surface area contributed by atoms with Crippen molar-refractivity contribution in [1.82, 2.24) is 45.0 Å². The minimum Gasteiger partial charge on any atom is -0.383 e. The van der Waals surface area contributed by atoms with E-state index in [0.29, 0.717) is 41.5 Å². The first-order valence-corrected chi connectivity index (χ1v) is 22.1. The van der Waals surface area contributed by atoms with Crippen molar-refractivity contribution in [3.05, 3.63) is 98.6 Å². The number of hydrogen-bond acceptors (Lipinski definition) is 10. The molecule has 2 aliphatic heterocycles. The standard InChI is InChI=1S/C46H60ClN11O3/c1-5-8-35-30-48-31-39(47)43(35)52-46(61)51-41-29-40(53-58(6-2)45(41)60)34-10-7-9-33(25-34)36-26-37(42(32-11-12-32)49-13-15-56-21-17-54(3)18-22-56)28-38(27-36)44(59)50-14-16-57-23-19-55(4)20-24-57/h7,9-10,25-31,49H,5-6,8,11-24H2,1-4H3,(H,50,59)(H2,48,51,52,61). The van der Waals surface area contributed by atoms with Crippen molar-refractivity contribution in [3.8, 4) is 22.4 Å². The molecule has 4 N–H and O–H groups in total. The SMILES string of the molecule is CCCc1cncc(Cl)c1NC(=O)Nc1cc(-c2cccc(-c3cc(C(=O)NCCN4CCN(C)CC4)cc(C(NCCN4CCN(C)CC4)=C4CC4)c3)c2)nn(CC)c1=O. The van der Waals surface area contributed by atoms with E-state index in [1.165, 1.54) is 16.5 Å². The number of anilines is 2. The average Bonchev–Trinajstić information content (AvgIpc) is 4.11. The normalized spacial score (nSPS) is 16.3. The number of carbonyl (C=O) groups excluding carboxylic acids is 2. The molecule has 15 heteroatoms. The van der Waals surface area contributed by atoms with Gasteiger partial charge in [-0.05, 0) is 98.4 Å². The molecule has 2 saturated heterocycles. The third-order valence-electron chi connectivity index (χ3n) is 11.7. The minimum atomic E-state index is -0.597. The number of aryl methyl sites for hydroxylation is 2. The third-order valence-corrected chi connectivity index (χ3v) is 12.0. The van der Waals surface area contributed by atoms with Crippen LogP contribution in [0.25, 0.3) is 28.1 Å². The van der Waals surface area contributed by atoms with Crippen LogP contribution in [0, 0.1) is 0 Å². The summed E-state index contributed by atoms with van der Waals surface area (Å²) in [7, 11) is 4.32. The molecule has 0 radical (unpaired) electrons. The van der Waals surface area contributed by atoms with Crippen LogP contribution in [0.1, 0.15) is 54.6 Å². The van der Waals surface area contributed by atoms with E-state index in [-0.39, 0.29) is 11.6 Å². The number of allylic oxidation sites excluding steroid dienone is 1. The first-order valence-electron chi connectivity index (χ1n) is 21.7. The van der Waals surface area contributed by atoms with Crippen LogP contribution in [-0.2, 0) is 13.0 Å². The smallest absolute Gasteiger partial charge is 0.323 e. The van der Waals surface area contributed by atoms with E-state index in [2.05, 4.69) is 71.1 Å². The lowest BCUT2D eigenvalue weighted by Gasteiger charge is -2.32. The molecule has 0 bridgehead atoms. The number of rotatable bonds is 16. The van der Waals surface area contributed by atoms with E-state index in [0.717, 1.165) is 125 Å². The number of benzene rings is 2. The van der Waals surface area contributed by atoms with Gasteiger partial charge in [0.1, 0.15) is 5.69 Å². The molecule has 2 aromatic carbocycles. The zero-order valence-electron chi connectivity index (χ0n) is 36.0. The lowest BCUT2D eigenvalue weighted by molar-refractivity contribution is 0.0941. The molecule has 61 heavy (non-hydrogen) atoms. The van der Waals surface area contributed by atoms with Gasteiger partial charge in [-0.2, -0.15) is 5.10 Å². The molecular formula is C46H60ClN11O3. The quantitative estimate of drug-likeness (QED) is 0.113. The Morgan fingerprint density at radius 1 is 0.754 bits per heavy atom. The molecule has 2 aromatic heterocycles. The number of hydrogen-bond donors (Lipinski definition) is 4. The molecule has 4 aromatic rings. The fourth-order valence-electron chi connectivity index (χ4n) is 7.91. The zero-order valence-corrected chi connectivity index (χ0v) is 36.8. The molecule has 7 rings (SSSR count). The largest absolute Gasteiger partial charge is 0.383 e. The molecule has 1 saturated carbocycles. The summed E-state index contributed by atoms with van der Waals surface area (Å²) in [4.78, 5) is 54.6. The van der Waals surface area contributed by atoms with Crippen LogP contribution in [0.2, 0.25) is 5.02 Å². The van der Waals surface area contributed by atoms with Gasteiger partial charge in [0.25, 0.3) is 11.5 Å². The highest BCUT2D eigenvalue weighted by Crippen LogP contribution is 2.37. The first-order chi connectivity index (χ1) is 29.6. The lowest BCUT2D eigenvalue weighted by atomic mass is 9.96. The number of amides is 3. The predicted molar refractivity (Wildman–Crippen MR) is 245 cm³/mol. The second-order valence-corrected chi connectivity index (χ2v) is 16.8. The van der Waals surface area contributed by atoms with Crippen LogP contribution in [0.3, 0.4) is 0 Å². The van der Waals surface area contributed by atoms with Crippen LogP contribution < -0.4 is 26.8 Å². The number of likely N-dealkylation sites (N-methyl/N-ethyl adjacent to an activating group) is 2. The second-order valence-electron chi connectivity index (χ2n) is 16.4. The summed E-state index contributed by atoms with van der Waals surface area (Å²) in [6.07, 6.45) is 6.75. The van der Waals surface area contributed by atoms with Gasteiger partial charge in [-0.25, -0.2) is 9.48 Å². The van der Waals surface area contributed by atoms with E-state index in [1.807, 2.05) is 50.2 Å². The van der Waals surface area contributed by atoms with Crippen LogP contribution in [0.4, 0.5) is 16.2 Å². The van der Waals surface area contributed by atoms with Crippen molar-refractivity contribution in [1.29, 1.82) is 0 Å². The number of pyridine rings is 1. The number of nitrogens with one attached hydrogen (secondary N) is 4. The molecule has 3 fully saturated rings. The van der Waals surface area contributed by atoms with Crippen molar-refractivity contribution in [2.75, 3.05) is 103 Å². The number of piperazine rings is 2.